The zero-order chi connectivity index (χ0) is 5.82. The Morgan fingerprint density at radius 1 is 1.71 bits per heavy atom. The van der Waals surface area contributed by atoms with Crippen molar-refractivity contribution in [3.8, 4) is 0 Å². The highest BCUT2D eigenvalue weighted by atomic mass is 16.6. The van der Waals surface area contributed by atoms with Crippen molar-refractivity contribution < 1.29 is 6.21 Å². The van der Waals surface area contributed by atoms with E-state index in [1.165, 1.54) is 0 Å². The molecule has 40 valence electrons. The number of rotatable bonds is 0. The van der Waals surface area contributed by atoms with E-state index in [-0.39, 0.29) is 0 Å². The zero-order valence-electron chi connectivity index (χ0n) is 5.18. The van der Waals surface area contributed by atoms with Gasteiger partial charge in [-0.15, -0.1) is 0 Å². The lowest BCUT2D eigenvalue weighted by Crippen LogP contribution is -1.81. The van der Waals surface area contributed by atoms with E-state index in [2.05, 4.69) is 5.16 Å². The molecule has 1 aliphatic rings. The van der Waals surface area contributed by atoms with Crippen molar-refractivity contribution in [1.82, 2.24) is 0 Å². The molecular formula is C5H9NO. The molecule has 0 fully saturated rings. The fraction of sp³-hybridized carbons (Fsp3) is 0.800. The lowest BCUT2D eigenvalue weighted by Gasteiger charge is -1.88. The van der Waals surface area contributed by atoms with Gasteiger partial charge in [0.2, 0.25) is 0 Å². The first-order valence-corrected chi connectivity index (χ1v) is 2.55. The lowest BCUT2D eigenvalue weighted by molar-refractivity contribution is 0.147. The van der Waals surface area contributed by atoms with Gasteiger partial charge in [-0.1, -0.05) is 5.16 Å². The molecule has 1 heterocycles. The molecule has 1 rings (SSSR count). The fourth-order valence-corrected chi connectivity index (χ4v) is 0.508. The van der Waals surface area contributed by atoms with E-state index < -0.39 is 0 Å². The molecule has 0 saturated heterocycles. The van der Waals surface area contributed by atoms with Gasteiger partial charge >= 0.3 is 0 Å². The topological polar surface area (TPSA) is 21.6 Å². The molecule has 7 heavy (non-hydrogen) atoms. The maximum absolute atomic E-state index is 7.04. The van der Waals surface area contributed by atoms with Crippen molar-refractivity contribution in [3.63, 3.8) is 0 Å². The van der Waals surface area contributed by atoms with Crippen molar-refractivity contribution in [2.45, 2.75) is 19.3 Å². The highest BCUT2D eigenvalue weighted by Crippen LogP contribution is 1.97. The summed E-state index contributed by atoms with van der Waals surface area (Å²) in [5, 5.41) is 3.51. The summed E-state index contributed by atoms with van der Waals surface area (Å²) < 4.78 is 7.04. The summed E-state index contributed by atoms with van der Waals surface area (Å²) in [5.41, 5.74) is 0. The van der Waals surface area contributed by atoms with Crippen molar-refractivity contribution in [1.29, 1.82) is 0 Å². The molecule has 0 spiro atoms. The van der Waals surface area contributed by atoms with E-state index in [0.717, 1.165) is 19.3 Å². The Balaban J connectivity index is 2.36. The largest absolute Gasteiger partial charge is 0.396 e. The van der Waals surface area contributed by atoms with E-state index in [0.29, 0.717) is 12.8 Å². The lowest BCUT2D eigenvalue weighted by atomic mass is 10.3. The minimum atomic E-state index is 0.377. The maximum atomic E-state index is 7.04. The average Bonchev–Trinajstić information content (AvgIpc) is 1.94. The number of nitrogens with zero attached hydrogens (tertiary/aromatic N) is 1. The van der Waals surface area contributed by atoms with Gasteiger partial charge < -0.3 is 4.84 Å². The monoisotopic (exact) mass is 100 g/mol. The summed E-state index contributed by atoms with van der Waals surface area (Å²) in [7, 11) is 0. The molecular weight excluding hydrogens is 90.1 g/mol. The Labute approximate surface area is 44.6 Å². The van der Waals surface area contributed by atoms with Crippen molar-refractivity contribution in [3.05, 3.63) is 0 Å². The molecule has 2 heteroatoms. The molecule has 2 nitrogen and oxygen atoms in total. The van der Waals surface area contributed by atoms with Crippen LogP contribution in [0.2, 0.25) is 0 Å². The quantitative estimate of drug-likeness (QED) is 0.448. The predicted octanol–water partition coefficient (Wildman–Crippen LogP) is 1.17. The van der Waals surface area contributed by atoms with Crippen LogP contribution in [0.1, 0.15) is 20.6 Å². The van der Waals surface area contributed by atoms with Crippen LogP contribution in [-0.4, -0.2) is 12.8 Å². The van der Waals surface area contributed by atoms with E-state index in [1.54, 1.807) is 0 Å². The van der Waals surface area contributed by atoms with Gasteiger partial charge in [-0.2, -0.15) is 0 Å². The Hall–Kier alpha value is -0.530. The predicted molar refractivity (Wildman–Crippen MR) is 28.3 cm³/mol. The third-order valence-electron chi connectivity index (χ3n) is 0.903. The van der Waals surface area contributed by atoms with E-state index >= 15 is 0 Å². The normalized spacial score (nSPS) is 24.0. The van der Waals surface area contributed by atoms with Crippen LogP contribution in [0.5, 0.6) is 0 Å². The Morgan fingerprint density at radius 3 is 3.71 bits per heavy atom. The van der Waals surface area contributed by atoms with Gasteiger partial charge in [-0.3, -0.25) is 0 Å². The van der Waals surface area contributed by atoms with Crippen molar-refractivity contribution >= 4 is 6.19 Å². The molecule has 0 aromatic carbocycles. The summed E-state index contributed by atoms with van der Waals surface area (Å²) in [4.78, 5) is 4.71. The van der Waals surface area contributed by atoms with Crippen molar-refractivity contribution in [2.75, 3.05) is 6.61 Å². The van der Waals surface area contributed by atoms with Crippen molar-refractivity contribution in [2.24, 2.45) is 5.16 Å². The highest BCUT2D eigenvalue weighted by Gasteiger charge is 1.89. The van der Waals surface area contributed by atoms with Gasteiger partial charge in [0, 0.05) is 6.19 Å². The third kappa shape index (κ3) is 1.57. The van der Waals surface area contributed by atoms with Crippen LogP contribution in [0.3, 0.4) is 0 Å². The molecule has 1 aliphatic heterocycles. The summed E-state index contributed by atoms with van der Waals surface area (Å²) in [6.07, 6.45) is 3.23. The fourth-order valence-electron chi connectivity index (χ4n) is 0.508. The second-order valence-electron chi connectivity index (χ2n) is 1.54. The molecule has 0 aromatic heterocycles. The average molecular weight is 100 g/mol. The van der Waals surface area contributed by atoms with Gasteiger partial charge in [-0.25, -0.2) is 0 Å². The molecule has 0 aromatic rings. The molecule has 0 N–H and O–H groups in total. The molecule has 0 amide bonds. The number of hydrogen-bond donors (Lipinski definition) is 0. The van der Waals surface area contributed by atoms with Gasteiger partial charge in [0.15, 0.2) is 0 Å². The third-order valence-corrected chi connectivity index (χ3v) is 0.903. The molecule has 0 bridgehead atoms. The van der Waals surface area contributed by atoms with E-state index in [9.17, 15) is 0 Å². The molecule has 0 atom stereocenters. The van der Waals surface area contributed by atoms with E-state index in [4.69, 9.17) is 6.21 Å². The summed E-state index contributed by atoms with van der Waals surface area (Å²) >= 11 is 0. The van der Waals surface area contributed by atoms with Crippen LogP contribution >= 0.6 is 0 Å². The SMILES string of the molecule is [2H]C1=NOCCCC1. The standard InChI is InChI=1S/C5H9NO/c1-2-4-6-7-5-3-1/h4H,1-3,5H2/i4D. The summed E-state index contributed by atoms with van der Waals surface area (Å²) in [6.45, 7) is 0.683. The smallest absolute Gasteiger partial charge is 0.117 e. The highest BCUT2D eigenvalue weighted by molar-refractivity contribution is 5.56. The first kappa shape index (κ1) is 3.47. The van der Waals surface area contributed by atoms with Gasteiger partial charge in [-0.05, 0) is 19.3 Å². The first-order valence-electron chi connectivity index (χ1n) is 3.05. The molecule has 0 aliphatic carbocycles. The van der Waals surface area contributed by atoms with Crippen LogP contribution in [0.25, 0.3) is 0 Å². The van der Waals surface area contributed by atoms with Gasteiger partial charge in [0.05, 0.1) is 1.37 Å². The summed E-state index contributed by atoms with van der Waals surface area (Å²) in [6, 6.07) is 0. The Bertz CT molecular complexity index is 103. The Morgan fingerprint density at radius 2 is 2.71 bits per heavy atom. The molecule has 0 saturated carbocycles. The number of oxime groups is 1. The summed E-state index contributed by atoms with van der Waals surface area (Å²) in [5.74, 6) is 0. The second-order valence-corrected chi connectivity index (χ2v) is 1.54. The van der Waals surface area contributed by atoms with E-state index in [1.807, 2.05) is 0 Å². The van der Waals surface area contributed by atoms with Crippen LogP contribution in [0, 0.1) is 0 Å². The van der Waals surface area contributed by atoms with Crippen LogP contribution in [0.15, 0.2) is 5.16 Å². The second kappa shape index (κ2) is 2.61. The van der Waals surface area contributed by atoms with Crippen LogP contribution < -0.4 is 0 Å². The molecule has 0 unspecified atom stereocenters. The molecule has 0 radical (unpaired) electrons. The minimum Gasteiger partial charge on any atom is -0.396 e. The number of hydrogen-bond acceptors (Lipinski definition) is 2. The van der Waals surface area contributed by atoms with Gasteiger partial charge in [0.1, 0.15) is 6.61 Å². The first-order chi connectivity index (χ1) is 3.89. The van der Waals surface area contributed by atoms with Crippen LogP contribution in [-0.2, 0) is 4.84 Å². The zero-order valence-corrected chi connectivity index (χ0v) is 4.18. The minimum absolute atomic E-state index is 0.377. The van der Waals surface area contributed by atoms with Gasteiger partial charge in [0.25, 0.3) is 0 Å². The van der Waals surface area contributed by atoms with Crippen LogP contribution in [0.4, 0.5) is 0 Å². The Kier molecular flexibility index (Phi) is 1.29. The maximum Gasteiger partial charge on any atom is 0.117 e.